The first-order chi connectivity index (χ1) is 14.3. The first-order valence-corrected chi connectivity index (χ1v) is 10.7. The van der Waals surface area contributed by atoms with Gasteiger partial charge in [-0.3, -0.25) is 9.88 Å². The first kappa shape index (κ1) is 19.9. The third-order valence-corrected chi connectivity index (χ3v) is 6.89. The highest BCUT2D eigenvalue weighted by Crippen LogP contribution is 2.43. The Labute approximate surface area is 179 Å². The lowest BCUT2D eigenvalue weighted by Gasteiger charge is -2.48. The number of hydrogen-bond acceptors (Lipinski definition) is 7. The Bertz CT molecular complexity index is 1060. The molecule has 2 fully saturated rings. The molecule has 5 rings (SSSR count). The molecule has 1 spiro atoms. The zero-order chi connectivity index (χ0) is 20.9. The molecule has 0 amide bonds. The number of anilines is 1. The van der Waals surface area contributed by atoms with Crippen LogP contribution >= 0.6 is 22.9 Å². The van der Waals surface area contributed by atoms with Crippen LogP contribution in [0.4, 0.5) is 19.0 Å². The Morgan fingerprint density at radius 2 is 1.93 bits per heavy atom. The summed E-state index contributed by atoms with van der Waals surface area (Å²) in [6.45, 7) is 4.31. The van der Waals surface area contributed by atoms with Gasteiger partial charge in [0.05, 0.1) is 29.9 Å². The molecule has 5 heterocycles. The van der Waals surface area contributed by atoms with Gasteiger partial charge in [0.25, 0.3) is 0 Å². The molecule has 2 aliphatic heterocycles. The number of likely N-dealkylation sites (tertiary alicyclic amines) is 1. The van der Waals surface area contributed by atoms with Crippen molar-refractivity contribution in [1.29, 1.82) is 0 Å². The van der Waals surface area contributed by atoms with Crippen LogP contribution in [-0.4, -0.2) is 57.2 Å². The van der Waals surface area contributed by atoms with E-state index in [1.165, 1.54) is 6.33 Å². The number of nitrogens with zero attached hydrogens (tertiary/aromatic N) is 6. The molecule has 0 aliphatic carbocycles. The SMILES string of the molecule is FC(F)(F)Cc1cc2c(N3CCC4(CN(Cc5cnc(Cl)cn5)C4)C3)ncnc2s1. The number of thiophene rings is 1. The molecule has 2 aliphatic rings. The van der Waals surface area contributed by atoms with Crippen LogP contribution in [0, 0.1) is 5.41 Å². The van der Waals surface area contributed by atoms with Crippen LogP contribution in [0.5, 0.6) is 0 Å². The van der Waals surface area contributed by atoms with E-state index in [4.69, 9.17) is 11.6 Å². The molecule has 0 bridgehead atoms. The van der Waals surface area contributed by atoms with Crippen molar-refractivity contribution in [1.82, 2.24) is 24.8 Å². The van der Waals surface area contributed by atoms with Gasteiger partial charge in [-0.15, -0.1) is 11.3 Å². The van der Waals surface area contributed by atoms with Gasteiger partial charge in [-0.2, -0.15) is 13.2 Å². The summed E-state index contributed by atoms with van der Waals surface area (Å²) in [6.07, 6.45) is 0.568. The number of rotatable bonds is 4. The smallest absolute Gasteiger partial charge is 0.355 e. The van der Waals surface area contributed by atoms with Gasteiger partial charge in [-0.05, 0) is 12.5 Å². The predicted molar refractivity (Wildman–Crippen MR) is 109 cm³/mol. The summed E-state index contributed by atoms with van der Waals surface area (Å²) in [4.78, 5) is 22.4. The summed E-state index contributed by atoms with van der Waals surface area (Å²) in [5.41, 5.74) is 1.07. The fourth-order valence-electron chi connectivity index (χ4n) is 4.47. The van der Waals surface area contributed by atoms with Gasteiger partial charge >= 0.3 is 6.18 Å². The van der Waals surface area contributed by atoms with Gasteiger partial charge in [0.15, 0.2) is 0 Å². The quantitative estimate of drug-likeness (QED) is 0.595. The van der Waals surface area contributed by atoms with Crippen LogP contribution in [0.3, 0.4) is 0 Å². The molecule has 0 N–H and O–H groups in total. The average molecular weight is 455 g/mol. The van der Waals surface area contributed by atoms with Crippen molar-refractivity contribution in [3.63, 3.8) is 0 Å². The first-order valence-electron chi connectivity index (χ1n) is 9.53. The van der Waals surface area contributed by atoms with Gasteiger partial charge in [-0.25, -0.2) is 15.0 Å². The molecule has 158 valence electrons. The number of fused-ring (bicyclic) bond motifs is 1. The summed E-state index contributed by atoms with van der Waals surface area (Å²) in [6, 6.07) is 1.60. The van der Waals surface area contributed by atoms with Crippen molar-refractivity contribution in [3.8, 4) is 0 Å². The van der Waals surface area contributed by atoms with E-state index in [1.807, 2.05) is 0 Å². The van der Waals surface area contributed by atoms with Crippen LogP contribution < -0.4 is 4.90 Å². The Morgan fingerprint density at radius 3 is 2.67 bits per heavy atom. The van der Waals surface area contributed by atoms with Crippen LogP contribution in [0.1, 0.15) is 17.0 Å². The second kappa shape index (κ2) is 7.28. The monoisotopic (exact) mass is 454 g/mol. The summed E-state index contributed by atoms with van der Waals surface area (Å²) < 4.78 is 38.3. The Kier molecular flexibility index (Phi) is 4.83. The van der Waals surface area contributed by atoms with Crippen molar-refractivity contribution in [2.75, 3.05) is 31.1 Å². The highest BCUT2D eigenvalue weighted by Gasteiger charge is 2.48. The Morgan fingerprint density at radius 1 is 1.10 bits per heavy atom. The van der Waals surface area contributed by atoms with Crippen molar-refractivity contribution in [2.45, 2.75) is 25.6 Å². The summed E-state index contributed by atoms with van der Waals surface area (Å²) in [5, 5.41) is 1.10. The van der Waals surface area contributed by atoms with Gasteiger partial charge in [0, 0.05) is 43.0 Å². The van der Waals surface area contributed by atoms with E-state index >= 15 is 0 Å². The molecule has 0 radical (unpaired) electrons. The van der Waals surface area contributed by atoms with E-state index in [-0.39, 0.29) is 10.3 Å². The summed E-state index contributed by atoms with van der Waals surface area (Å²) >= 11 is 6.88. The van der Waals surface area contributed by atoms with Crippen LogP contribution in [0.2, 0.25) is 5.15 Å². The minimum absolute atomic E-state index is 0.182. The van der Waals surface area contributed by atoms with Gasteiger partial charge < -0.3 is 4.90 Å². The summed E-state index contributed by atoms with van der Waals surface area (Å²) in [7, 11) is 0. The lowest BCUT2D eigenvalue weighted by atomic mass is 9.79. The van der Waals surface area contributed by atoms with E-state index in [0.717, 1.165) is 62.0 Å². The van der Waals surface area contributed by atoms with Crippen LogP contribution in [0.15, 0.2) is 24.8 Å². The lowest BCUT2D eigenvalue weighted by molar-refractivity contribution is -0.126. The van der Waals surface area contributed by atoms with E-state index < -0.39 is 12.6 Å². The third-order valence-electron chi connectivity index (χ3n) is 5.65. The van der Waals surface area contributed by atoms with Gasteiger partial charge in [0.2, 0.25) is 0 Å². The van der Waals surface area contributed by atoms with E-state index in [2.05, 4.69) is 29.7 Å². The highest BCUT2D eigenvalue weighted by molar-refractivity contribution is 7.18. The lowest BCUT2D eigenvalue weighted by Crippen LogP contribution is -2.57. The highest BCUT2D eigenvalue weighted by atomic mass is 35.5. The van der Waals surface area contributed by atoms with E-state index in [9.17, 15) is 13.2 Å². The molecule has 2 saturated heterocycles. The van der Waals surface area contributed by atoms with E-state index in [0.29, 0.717) is 15.4 Å². The number of aromatic nitrogens is 4. The normalized spacial score (nSPS) is 19.0. The molecule has 3 aromatic heterocycles. The van der Waals surface area contributed by atoms with Gasteiger partial charge in [-0.1, -0.05) is 11.6 Å². The molecule has 11 heteroatoms. The maximum atomic E-state index is 12.8. The molecule has 6 nitrogen and oxygen atoms in total. The largest absolute Gasteiger partial charge is 0.393 e. The second-order valence-corrected chi connectivity index (χ2v) is 9.57. The van der Waals surface area contributed by atoms with Gasteiger partial charge in [0.1, 0.15) is 22.1 Å². The van der Waals surface area contributed by atoms with Crippen molar-refractivity contribution in [2.24, 2.45) is 5.41 Å². The molecule has 0 atom stereocenters. The topological polar surface area (TPSA) is 58.0 Å². The minimum Gasteiger partial charge on any atom is -0.355 e. The standard InChI is InChI=1S/C19H18ClF3N6S/c20-15-6-24-12(5-25-15)7-28-8-18(9-28)1-2-29(10-18)16-14-3-13(4-19(21,22)23)30-17(14)27-11-26-16/h3,5-6,11H,1-2,4,7-10H2. The van der Waals surface area contributed by atoms with Crippen molar-refractivity contribution in [3.05, 3.63) is 40.5 Å². The zero-order valence-electron chi connectivity index (χ0n) is 15.9. The van der Waals surface area contributed by atoms with Crippen molar-refractivity contribution >= 4 is 39.0 Å². The predicted octanol–water partition coefficient (Wildman–Crippen LogP) is 3.95. The van der Waals surface area contributed by atoms with E-state index in [1.54, 1.807) is 18.5 Å². The number of alkyl halides is 3. The fourth-order valence-corrected chi connectivity index (χ4v) is 5.59. The maximum absolute atomic E-state index is 12.8. The molecule has 0 saturated carbocycles. The maximum Gasteiger partial charge on any atom is 0.393 e. The molecule has 30 heavy (non-hydrogen) atoms. The van der Waals surface area contributed by atoms with Crippen LogP contribution in [-0.2, 0) is 13.0 Å². The summed E-state index contributed by atoms with van der Waals surface area (Å²) in [5.74, 6) is 0.739. The molecular formula is C19H18ClF3N6S. The second-order valence-electron chi connectivity index (χ2n) is 8.07. The Hall–Kier alpha value is -2.04. The average Bonchev–Trinajstić information content (AvgIpc) is 3.25. The minimum atomic E-state index is -4.23. The number of halogens is 4. The molecular weight excluding hydrogens is 437 g/mol. The Balaban J connectivity index is 1.27. The third kappa shape index (κ3) is 3.95. The molecule has 0 aromatic carbocycles. The van der Waals surface area contributed by atoms with Crippen LogP contribution in [0.25, 0.3) is 10.2 Å². The number of hydrogen-bond donors (Lipinski definition) is 0. The zero-order valence-corrected chi connectivity index (χ0v) is 17.4. The molecule has 0 unspecified atom stereocenters. The van der Waals surface area contributed by atoms with Crippen molar-refractivity contribution < 1.29 is 13.2 Å². The molecule has 3 aromatic rings. The fraction of sp³-hybridized carbons (Fsp3) is 0.474.